The maximum atomic E-state index is 10.4. The van der Waals surface area contributed by atoms with Crippen molar-refractivity contribution < 1.29 is 20.1 Å². The van der Waals surface area contributed by atoms with Crippen LogP contribution in [-0.4, -0.2) is 34.3 Å². The van der Waals surface area contributed by atoms with Gasteiger partial charge in [0.25, 0.3) is 0 Å². The van der Waals surface area contributed by atoms with Gasteiger partial charge in [0.1, 0.15) is 6.10 Å². The molecule has 78 valence electrons. The fourth-order valence-electron chi connectivity index (χ4n) is 1.07. The molecule has 0 saturated carbocycles. The fourth-order valence-corrected chi connectivity index (χ4v) is 1.94. The Kier molecular flexibility index (Phi) is 4.21. The minimum Gasteiger partial charge on any atom is -0.396 e. The van der Waals surface area contributed by atoms with E-state index in [1.54, 1.807) is 12.1 Å². The van der Waals surface area contributed by atoms with Crippen LogP contribution in [0.3, 0.4) is 0 Å². The van der Waals surface area contributed by atoms with Crippen molar-refractivity contribution in [3.63, 3.8) is 0 Å². The molecule has 1 heterocycles. The first-order chi connectivity index (χ1) is 6.69. The molecule has 0 amide bonds. The molecular formula is C9H12O4S. The number of carbonyl (C=O) groups is 1. The van der Waals surface area contributed by atoms with Crippen LogP contribution in [0.4, 0.5) is 0 Å². The van der Waals surface area contributed by atoms with E-state index in [1.165, 1.54) is 0 Å². The number of rotatable bonds is 5. The van der Waals surface area contributed by atoms with Crippen LogP contribution in [-0.2, 0) is 0 Å². The summed E-state index contributed by atoms with van der Waals surface area (Å²) < 4.78 is 0. The van der Waals surface area contributed by atoms with Gasteiger partial charge in [0.15, 0.2) is 6.29 Å². The SMILES string of the molecule is O=Cc1ccc(C(O)C(O)CCO)s1. The van der Waals surface area contributed by atoms with E-state index in [2.05, 4.69) is 0 Å². The molecule has 0 aliphatic heterocycles. The normalized spacial score (nSPS) is 15.1. The average Bonchev–Trinajstić information content (AvgIpc) is 2.65. The minimum absolute atomic E-state index is 0.121. The molecular weight excluding hydrogens is 204 g/mol. The standard InChI is InChI=1S/C9H12O4S/c10-4-3-7(12)9(13)8-2-1-6(5-11)14-8/h1-2,5,7,9-10,12-13H,3-4H2. The first kappa shape index (κ1) is 11.3. The van der Waals surface area contributed by atoms with E-state index in [9.17, 15) is 15.0 Å². The smallest absolute Gasteiger partial charge is 0.160 e. The van der Waals surface area contributed by atoms with Gasteiger partial charge in [-0.25, -0.2) is 0 Å². The van der Waals surface area contributed by atoms with Crippen molar-refractivity contribution >= 4 is 17.6 Å². The number of aliphatic hydroxyl groups is 3. The average molecular weight is 216 g/mol. The van der Waals surface area contributed by atoms with Crippen LogP contribution >= 0.6 is 11.3 Å². The van der Waals surface area contributed by atoms with E-state index in [0.29, 0.717) is 16.0 Å². The lowest BCUT2D eigenvalue weighted by atomic mass is 10.1. The summed E-state index contributed by atoms with van der Waals surface area (Å²) in [6.45, 7) is -0.176. The minimum atomic E-state index is -1.03. The number of hydrogen-bond acceptors (Lipinski definition) is 5. The predicted octanol–water partition coefficient (Wildman–Crippen LogP) is 0.337. The molecule has 1 aromatic heterocycles. The van der Waals surface area contributed by atoms with Gasteiger partial charge in [-0.05, 0) is 18.6 Å². The number of carbonyl (C=O) groups excluding carboxylic acids is 1. The Morgan fingerprint density at radius 2 is 2.14 bits per heavy atom. The van der Waals surface area contributed by atoms with Gasteiger partial charge in [-0.15, -0.1) is 11.3 Å². The largest absolute Gasteiger partial charge is 0.396 e. The molecule has 5 heteroatoms. The zero-order valence-corrected chi connectivity index (χ0v) is 8.28. The van der Waals surface area contributed by atoms with Gasteiger partial charge in [-0.2, -0.15) is 0 Å². The second-order valence-corrected chi connectivity index (χ2v) is 4.03. The van der Waals surface area contributed by atoms with Gasteiger partial charge < -0.3 is 15.3 Å². The van der Waals surface area contributed by atoms with Crippen molar-refractivity contribution in [3.8, 4) is 0 Å². The lowest BCUT2D eigenvalue weighted by Gasteiger charge is -2.14. The summed E-state index contributed by atoms with van der Waals surface area (Å²) in [6.07, 6.45) is -1.20. The molecule has 0 spiro atoms. The lowest BCUT2D eigenvalue weighted by molar-refractivity contribution is 0.00618. The third kappa shape index (κ3) is 2.62. The molecule has 0 aromatic carbocycles. The maximum absolute atomic E-state index is 10.4. The van der Waals surface area contributed by atoms with Crippen molar-refractivity contribution in [2.75, 3.05) is 6.61 Å². The van der Waals surface area contributed by atoms with Gasteiger partial charge in [0, 0.05) is 11.5 Å². The number of aliphatic hydroxyl groups excluding tert-OH is 3. The van der Waals surface area contributed by atoms with Gasteiger partial charge in [0.2, 0.25) is 0 Å². The summed E-state index contributed by atoms with van der Waals surface area (Å²) in [6, 6.07) is 3.18. The van der Waals surface area contributed by atoms with Crippen LogP contribution < -0.4 is 0 Å². The van der Waals surface area contributed by atoms with Gasteiger partial charge >= 0.3 is 0 Å². The Bertz CT molecular complexity index is 297. The van der Waals surface area contributed by atoms with Crippen LogP contribution in [0.5, 0.6) is 0 Å². The molecule has 0 bridgehead atoms. The number of thiophene rings is 1. The monoisotopic (exact) mass is 216 g/mol. The third-order valence-corrected chi connectivity index (χ3v) is 2.93. The Balaban J connectivity index is 2.67. The zero-order valence-electron chi connectivity index (χ0n) is 7.46. The van der Waals surface area contributed by atoms with Crippen molar-refractivity contribution in [1.82, 2.24) is 0 Å². The van der Waals surface area contributed by atoms with E-state index < -0.39 is 12.2 Å². The second kappa shape index (κ2) is 5.21. The summed E-state index contributed by atoms with van der Waals surface area (Å²) in [5, 5.41) is 27.5. The molecule has 2 atom stereocenters. The van der Waals surface area contributed by atoms with Crippen LogP contribution in [0, 0.1) is 0 Å². The molecule has 3 N–H and O–H groups in total. The second-order valence-electron chi connectivity index (χ2n) is 2.88. The van der Waals surface area contributed by atoms with E-state index in [-0.39, 0.29) is 13.0 Å². The molecule has 0 aliphatic carbocycles. The molecule has 0 fully saturated rings. The van der Waals surface area contributed by atoms with Crippen LogP contribution in [0.2, 0.25) is 0 Å². The van der Waals surface area contributed by atoms with Crippen molar-refractivity contribution in [1.29, 1.82) is 0 Å². The summed E-state index contributed by atoms with van der Waals surface area (Å²) in [4.78, 5) is 11.4. The lowest BCUT2D eigenvalue weighted by Crippen LogP contribution is -2.18. The summed E-state index contributed by atoms with van der Waals surface area (Å²) in [5.41, 5.74) is 0. The molecule has 0 radical (unpaired) electrons. The molecule has 0 aliphatic rings. The predicted molar refractivity (Wildman–Crippen MR) is 52.4 cm³/mol. The van der Waals surface area contributed by atoms with Gasteiger partial charge in [0.05, 0.1) is 11.0 Å². The number of aldehydes is 1. The van der Waals surface area contributed by atoms with E-state index in [4.69, 9.17) is 5.11 Å². The highest BCUT2D eigenvalue weighted by Gasteiger charge is 2.19. The summed E-state index contributed by atoms with van der Waals surface area (Å²) in [7, 11) is 0. The zero-order chi connectivity index (χ0) is 10.6. The Labute approximate surface area is 85.4 Å². The van der Waals surface area contributed by atoms with Crippen LogP contribution in [0.25, 0.3) is 0 Å². The quantitative estimate of drug-likeness (QED) is 0.620. The van der Waals surface area contributed by atoms with E-state index in [0.717, 1.165) is 11.3 Å². The molecule has 1 aromatic rings. The number of hydrogen-bond donors (Lipinski definition) is 3. The first-order valence-electron chi connectivity index (χ1n) is 4.21. The highest BCUT2D eigenvalue weighted by atomic mass is 32.1. The molecule has 4 nitrogen and oxygen atoms in total. The Morgan fingerprint density at radius 1 is 1.43 bits per heavy atom. The van der Waals surface area contributed by atoms with Crippen molar-refractivity contribution in [3.05, 3.63) is 21.9 Å². The highest BCUT2D eigenvalue weighted by Crippen LogP contribution is 2.25. The third-order valence-electron chi connectivity index (χ3n) is 1.84. The fraction of sp³-hybridized carbons (Fsp3) is 0.444. The molecule has 14 heavy (non-hydrogen) atoms. The molecule has 0 saturated heterocycles. The summed E-state index contributed by atoms with van der Waals surface area (Å²) in [5.74, 6) is 0. The van der Waals surface area contributed by atoms with Crippen LogP contribution in [0.15, 0.2) is 12.1 Å². The molecule has 2 unspecified atom stereocenters. The topological polar surface area (TPSA) is 77.8 Å². The van der Waals surface area contributed by atoms with Crippen molar-refractivity contribution in [2.24, 2.45) is 0 Å². The first-order valence-corrected chi connectivity index (χ1v) is 5.02. The van der Waals surface area contributed by atoms with Gasteiger partial charge in [-0.3, -0.25) is 4.79 Å². The van der Waals surface area contributed by atoms with E-state index >= 15 is 0 Å². The molecule has 1 rings (SSSR count). The van der Waals surface area contributed by atoms with Crippen molar-refractivity contribution in [2.45, 2.75) is 18.6 Å². The van der Waals surface area contributed by atoms with Gasteiger partial charge in [-0.1, -0.05) is 0 Å². The Morgan fingerprint density at radius 3 is 2.64 bits per heavy atom. The van der Waals surface area contributed by atoms with Crippen LogP contribution in [0.1, 0.15) is 27.1 Å². The summed E-state index contributed by atoms with van der Waals surface area (Å²) >= 11 is 1.14. The Hall–Kier alpha value is -0.750. The highest BCUT2D eigenvalue weighted by molar-refractivity contribution is 7.13. The maximum Gasteiger partial charge on any atom is 0.160 e. The van der Waals surface area contributed by atoms with E-state index in [1.807, 2.05) is 0 Å².